The number of fused-ring (bicyclic) bond motifs is 1. The maximum atomic E-state index is 12.2. The number of nitrogens with one attached hydrogen (secondary N) is 1. The number of aromatic nitrogens is 1. The summed E-state index contributed by atoms with van der Waals surface area (Å²) in [5, 5.41) is 4.31. The molecule has 112 valence electrons. The lowest BCUT2D eigenvalue weighted by atomic mass is 9.85. The molecule has 4 nitrogen and oxygen atoms in total. The molecule has 21 heavy (non-hydrogen) atoms. The molecule has 0 aliphatic rings. The number of rotatable bonds is 3. The summed E-state index contributed by atoms with van der Waals surface area (Å²) in [6.45, 7) is 6.05. The summed E-state index contributed by atoms with van der Waals surface area (Å²) in [4.78, 5) is 16.5. The van der Waals surface area contributed by atoms with Crippen molar-refractivity contribution in [2.24, 2.45) is 11.1 Å². The van der Waals surface area contributed by atoms with Gasteiger partial charge in [-0.1, -0.05) is 38.4 Å². The van der Waals surface area contributed by atoms with Gasteiger partial charge in [0.1, 0.15) is 0 Å². The van der Waals surface area contributed by atoms with E-state index in [1.807, 2.05) is 39.0 Å². The number of hydrogen-bond acceptors (Lipinski definition) is 3. The molecule has 0 saturated heterocycles. The van der Waals surface area contributed by atoms with Gasteiger partial charge in [-0.25, -0.2) is 0 Å². The Balaban J connectivity index is 2.22. The van der Waals surface area contributed by atoms with E-state index in [1.165, 1.54) is 0 Å². The summed E-state index contributed by atoms with van der Waals surface area (Å²) < 4.78 is 0. The first kappa shape index (κ1) is 15.7. The fraction of sp³-hybridized carbons (Fsp3) is 0.375. The zero-order valence-corrected chi connectivity index (χ0v) is 13.2. The molecule has 0 saturated carbocycles. The van der Waals surface area contributed by atoms with Gasteiger partial charge in [-0.05, 0) is 23.6 Å². The average molecular weight is 306 g/mol. The van der Waals surface area contributed by atoms with Crippen molar-refractivity contribution in [3.63, 3.8) is 0 Å². The van der Waals surface area contributed by atoms with Crippen LogP contribution in [0.15, 0.2) is 30.5 Å². The van der Waals surface area contributed by atoms with Gasteiger partial charge in [0.2, 0.25) is 5.91 Å². The second kappa shape index (κ2) is 6.00. The molecular weight excluding hydrogens is 286 g/mol. The molecule has 0 spiro atoms. The predicted molar refractivity (Wildman–Crippen MR) is 87.4 cm³/mol. The summed E-state index contributed by atoms with van der Waals surface area (Å²) in [6.07, 6.45) is 1.94. The van der Waals surface area contributed by atoms with Crippen molar-refractivity contribution in [2.45, 2.75) is 33.2 Å². The van der Waals surface area contributed by atoms with Crippen LogP contribution in [0.5, 0.6) is 0 Å². The van der Waals surface area contributed by atoms with E-state index < -0.39 is 0 Å². The number of anilines is 1. The third kappa shape index (κ3) is 3.93. The molecule has 0 radical (unpaired) electrons. The molecule has 2 rings (SSSR count). The summed E-state index contributed by atoms with van der Waals surface area (Å²) in [5.41, 5.74) is 7.26. The van der Waals surface area contributed by atoms with Crippen molar-refractivity contribution >= 4 is 34.1 Å². The van der Waals surface area contributed by atoms with E-state index in [0.29, 0.717) is 10.7 Å². The number of carbonyl (C=O) groups excluding carboxylic acids is 1. The Morgan fingerprint density at radius 3 is 2.81 bits per heavy atom. The lowest BCUT2D eigenvalue weighted by Crippen LogP contribution is -2.38. The first-order chi connectivity index (χ1) is 9.77. The highest BCUT2D eigenvalue weighted by Crippen LogP contribution is 2.27. The van der Waals surface area contributed by atoms with Crippen LogP contribution in [0.2, 0.25) is 5.02 Å². The Morgan fingerprint density at radius 1 is 1.43 bits per heavy atom. The summed E-state index contributed by atoms with van der Waals surface area (Å²) in [6, 6.07) is 7.05. The van der Waals surface area contributed by atoms with E-state index in [0.717, 1.165) is 10.9 Å². The van der Waals surface area contributed by atoms with Crippen molar-refractivity contribution in [1.82, 2.24) is 4.98 Å². The molecule has 1 aromatic carbocycles. The third-order valence-corrected chi connectivity index (χ3v) is 3.68. The van der Waals surface area contributed by atoms with E-state index in [9.17, 15) is 4.79 Å². The van der Waals surface area contributed by atoms with Crippen molar-refractivity contribution in [3.05, 3.63) is 35.5 Å². The predicted octanol–water partition coefficient (Wildman–Crippen LogP) is 3.59. The molecule has 0 bridgehead atoms. The molecule has 3 N–H and O–H groups in total. The van der Waals surface area contributed by atoms with Gasteiger partial charge in [-0.2, -0.15) is 0 Å². The van der Waals surface area contributed by atoms with E-state index in [4.69, 9.17) is 17.3 Å². The van der Waals surface area contributed by atoms with Crippen LogP contribution in [-0.4, -0.2) is 16.9 Å². The minimum Gasteiger partial charge on any atom is -0.327 e. The van der Waals surface area contributed by atoms with Crippen molar-refractivity contribution in [3.8, 4) is 0 Å². The molecule has 1 amide bonds. The second-order valence-electron chi connectivity index (χ2n) is 6.25. The van der Waals surface area contributed by atoms with Crippen LogP contribution < -0.4 is 11.1 Å². The van der Waals surface area contributed by atoms with Crippen molar-refractivity contribution in [1.29, 1.82) is 0 Å². The zero-order valence-electron chi connectivity index (χ0n) is 12.5. The van der Waals surface area contributed by atoms with E-state index in [-0.39, 0.29) is 23.8 Å². The highest BCUT2D eigenvalue weighted by molar-refractivity contribution is 6.32. The van der Waals surface area contributed by atoms with Gasteiger partial charge >= 0.3 is 0 Å². The number of pyridine rings is 1. The average Bonchev–Trinajstić information content (AvgIpc) is 2.37. The highest BCUT2D eigenvalue weighted by atomic mass is 35.5. The SMILES string of the molecule is CC(C)(C)C(N)CC(=O)Nc1cc(Cl)cc2cccnc12. The number of nitrogens with two attached hydrogens (primary N) is 1. The smallest absolute Gasteiger partial charge is 0.226 e. The van der Waals surface area contributed by atoms with Gasteiger partial charge < -0.3 is 11.1 Å². The Labute approximate surface area is 129 Å². The molecule has 0 aliphatic heterocycles. The van der Waals surface area contributed by atoms with E-state index in [2.05, 4.69) is 10.3 Å². The van der Waals surface area contributed by atoms with Crippen LogP contribution in [0.1, 0.15) is 27.2 Å². The Morgan fingerprint density at radius 2 is 2.14 bits per heavy atom. The third-order valence-electron chi connectivity index (χ3n) is 3.46. The number of carbonyl (C=O) groups is 1. The van der Waals surface area contributed by atoms with Crippen LogP contribution in [-0.2, 0) is 4.79 Å². The van der Waals surface area contributed by atoms with Gasteiger partial charge in [-0.15, -0.1) is 0 Å². The maximum absolute atomic E-state index is 12.2. The largest absolute Gasteiger partial charge is 0.327 e. The Hall–Kier alpha value is -1.65. The molecular formula is C16H20ClN3O. The minimum atomic E-state index is -0.212. The first-order valence-electron chi connectivity index (χ1n) is 6.87. The number of hydrogen-bond donors (Lipinski definition) is 2. The highest BCUT2D eigenvalue weighted by Gasteiger charge is 2.23. The molecule has 1 heterocycles. The maximum Gasteiger partial charge on any atom is 0.226 e. The summed E-state index contributed by atoms with van der Waals surface area (Å²) >= 11 is 6.08. The number of nitrogens with zero attached hydrogens (tertiary/aromatic N) is 1. The second-order valence-corrected chi connectivity index (χ2v) is 6.69. The molecule has 1 aromatic heterocycles. The van der Waals surface area contributed by atoms with E-state index >= 15 is 0 Å². The van der Waals surface area contributed by atoms with Gasteiger partial charge in [0.15, 0.2) is 0 Å². The number of halogens is 1. The lowest BCUT2D eigenvalue weighted by molar-refractivity contribution is -0.117. The van der Waals surface area contributed by atoms with Crippen LogP contribution in [0, 0.1) is 5.41 Å². The molecule has 1 unspecified atom stereocenters. The van der Waals surface area contributed by atoms with Crippen LogP contribution in [0.3, 0.4) is 0 Å². The number of amides is 1. The first-order valence-corrected chi connectivity index (χ1v) is 7.25. The van der Waals surface area contributed by atoms with Gasteiger partial charge in [0.25, 0.3) is 0 Å². The quantitative estimate of drug-likeness (QED) is 0.910. The molecule has 1 atom stereocenters. The standard InChI is InChI=1S/C16H20ClN3O/c1-16(2,3)13(18)9-14(21)20-12-8-11(17)7-10-5-4-6-19-15(10)12/h4-8,13H,9,18H2,1-3H3,(H,20,21). The van der Waals surface area contributed by atoms with Gasteiger partial charge in [0.05, 0.1) is 11.2 Å². The van der Waals surface area contributed by atoms with Crippen molar-refractivity contribution in [2.75, 3.05) is 5.32 Å². The van der Waals surface area contributed by atoms with Gasteiger partial charge in [0, 0.05) is 29.1 Å². The minimum absolute atomic E-state index is 0.119. The van der Waals surface area contributed by atoms with Crippen LogP contribution in [0.25, 0.3) is 10.9 Å². The normalized spacial score (nSPS) is 13.2. The Kier molecular flexibility index (Phi) is 4.49. The van der Waals surface area contributed by atoms with Crippen molar-refractivity contribution < 1.29 is 4.79 Å². The molecule has 0 aliphatic carbocycles. The molecule has 0 fully saturated rings. The summed E-state index contributed by atoms with van der Waals surface area (Å²) in [7, 11) is 0. The lowest BCUT2D eigenvalue weighted by Gasteiger charge is -2.26. The molecule has 5 heteroatoms. The Bertz CT molecular complexity index is 664. The fourth-order valence-corrected chi connectivity index (χ4v) is 2.18. The topological polar surface area (TPSA) is 68.0 Å². The monoisotopic (exact) mass is 305 g/mol. The van der Waals surface area contributed by atoms with Crippen LogP contribution >= 0.6 is 11.6 Å². The fourth-order valence-electron chi connectivity index (χ4n) is 1.96. The zero-order chi connectivity index (χ0) is 15.6. The molecule has 2 aromatic rings. The van der Waals surface area contributed by atoms with Crippen LogP contribution in [0.4, 0.5) is 5.69 Å². The van der Waals surface area contributed by atoms with E-state index in [1.54, 1.807) is 12.3 Å². The number of benzene rings is 1. The van der Waals surface area contributed by atoms with Gasteiger partial charge in [-0.3, -0.25) is 9.78 Å². The summed E-state index contributed by atoms with van der Waals surface area (Å²) in [5.74, 6) is -0.133.